The van der Waals surface area contributed by atoms with Crippen molar-refractivity contribution in [3.63, 3.8) is 0 Å². The molecular weight excluding hydrogens is 445 g/mol. The summed E-state index contributed by atoms with van der Waals surface area (Å²) in [4.78, 5) is 18.3. The second-order valence-corrected chi connectivity index (χ2v) is 8.53. The number of aromatic nitrogens is 1. The number of amides is 1. The van der Waals surface area contributed by atoms with Crippen LogP contribution >= 0.6 is 0 Å². The van der Waals surface area contributed by atoms with E-state index in [4.69, 9.17) is 4.42 Å². The zero-order valence-electron chi connectivity index (χ0n) is 18.9. The van der Waals surface area contributed by atoms with Crippen LogP contribution in [0.15, 0.2) is 53.1 Å². The fraction of sp³-hybridized carbons (Fsp3) is 0.360. The molecule has 2 atom stereocenters. The molecule has 0 radical (unpaired) electrons. The number of hydrogen-bond acceptors (Lipinski definition) is 5. The van der Waals surface area contributed by atoms with Gasteiger partial charge in [0, 0.05) is 44.6 Å². The molecule has 0 bridgehead atoms. The maximum atomic E-state index is 13.9. The van der Waals surface area contributed by atoms with Crippen molar-refractivity contribution in [1.82, 2.24) is 20.7 Å². The quantitative estimate of drug-likeness (QED) is 0.479. The molecule has 9 heteroatoms. The highest BCUT2D eigenvalue weighted by Gasteiger charge is 2.25. The van der Waals surface area contributed by atoms with E-state index in [1.807, 2.05) is 6.07 Å². The number of rotatable bonds is 9. The number of halogens is 3. The van der Waals surface area contributed by atoms with Crippen LogP contribution in [0.1, 0.15) is 43.2 Å². The van der Waals surface area contributed by atoms with Crippen LogP contribution in [0, 0.1) is 17.5 Å². The third kappa shape index (κ3) is 6.03. The van der Waals surface area contributed by atoms with E-state index in [-0.39, 0.29) is 48.0 Å². The highest BCUT2D eigenvalue weighted by atomic mass is 19.1. The highest BCUT2D eigenvalue weighted by Crippen LogP contribution is 2.26. The Bertz CT molecular complexity index is 1140. The number of carbonyl (C=O) groups is 1. The van der Waals surface area contributed by atoms with Gasteiger partial charge in [-0.15, -0.1) is 0 Å². The number of nitrogens with zero attached hydrogens (tertiary/aromatic N) is 2. The van der Waals surface area contributed by atoms with Gasteiger partial charge in [0.1, 0.15) is 17.5 Å². The molecule has 1 amide bonds. The number of aryl methyl sites for hydroxylation is 1. The van der Waals surface area contributed by atoms with E-state index < -0.39 is 11.6 Å². The van der Waals surface area contributed by atoms with Gasteiger partial charge in [0.2, 0.25) is 5.91 Å². The van der Waals surface area contributed by atoms with Gasteiger partial charge in [-0.25, -0.2) is 18.2 Å². The fourth-order valence-corrected chi connectivity index (χ4v) is 4.10. The lowest BCUT2D eigenvalue weighted by Gasteiger charge is -2.18. The number of hydrogen-bond donors (Lipinski definition) is 2. The van der Waals surface area contributed by atoms with Crippen LogP contribution in [0.5, 0.6) is 0 Å². The molecule has 1 aliphatic heterocycles. The van der Waals surface area contributed by atoms with Crippen molar-refractivity contribution in [2.75, 3.05) is 13.6 Å². The summed E-state index contributed by atoms with van der Waals surface area (Å²) in [6.07, 6.45) is 4.43. The molecule has 1 aliphatic rings. The topological polar surface area (TPSA) is 70.4 Å². The molecule has 2 aromatic carbocycles. The second kappa shape index (κ2) is 10.8. The first-order valence-corrected chi connectivity index (χ1v) is 11.3. The third-order valence-corrected chi connectivity index (χ3v) is 6.01. The summed E-state index contributed by atoms with van der Waals surface area (Å²) in [5.74, 6) is -1.16. The third-order valence-electron chi connectivity index (χ3n) is 6.01. The molecule has 0 aliphatic carbocycles. The minimum absolute atomic E-state index is 0.0390. The second-order valence-electron chi connectivity index (χ2n) is 8.53. The van der Waals surface area contributed by atoms with E-state index in [0.717, 1.165) is 37.0 Å². The van der Waals surface area contributed by atoms with Crippen LogP contribution in [0.25, 0.3) is 11.3 Å². The van der Waals surface area contributed by atoms with Gasteiger partial charge in [-0.05, 0) is 49.1 Å². The van der Waals surface area contributed by atoms with Gasteiger partial charge < -0.3 is 9.32 Å². The monoisotopic (exact) mass is 472 g/mol. The summed E-state index contributed by atoms with van der Waals surface area (Å²) in [6, 6.07) is 10.1. The lowest BCUT2D eigenvalue weighted by atomic mass is 9.99. The lowest BCUT2D eigenvalue weighted by Crippen LogP contribution is -2.32. The summed E-state index contributed by atoms with van der Waals surface area (Å²) < 4.78 is 46.0. The van der Waals surface area contributed by atoms with Crippen molar-refractivity contribution >= 4 is 5.91 Å². The van der Waals surface area contributed by atoms with Crippen molar-refractivity contribution in [3.05, 3.63) is 77.6 Å². The highest BCUT2D eigenvalue weighted by molar-refractivity contribution is 5.76. The van der Waals surface area contributed by atoms with Crippen LogP contribution in [-0.4, -0.2) is 35.4 Å². The van der Waals surface area contributed by atoms with Crippen LogP contribution < -0.4 is 10.9 Å². The fourth-order valence-electron chi connectivity index (χ4n) is 4.10. The summed E-state index contributed by atoms with van der Waals surface area (Å²) >= 11 is 0. The minimum Gasteiger partial charge on any atom is -0.441 e. The average Bonchev–Trinajstić information content (AvgIpc) is 3.47. The van der Waals surface area contributed by atoms with Gasteiger partial charge in [0.15, 0.2) is 11.7 Å². The van der Waals surface area contributed by atoms with Crippen LogP contribution in [-0.2, 0) is 11.2 Å². The first-order chi connectivity index (χ1) is 16.4. The average molecular weight is 473 g/mol. The van der Waals surface area contributed by atoms with Gasteiger partial charge in [-0.1, -0.05) is 12.1 Å². The van der Waals surface area contributed by atoms with Crippen molar-refractivity contribution < 1.29 is 22.4 Å². The molecule has 0 spiro atoms. The van der Waals surface area contributed by atoms with Crippen molar-refractivity contribution in [2.45, 2.75) is 44.2 Å². The molecule has 0 saturated carbocycles. The molecule has 180 valence electrons. The SMILES string of the molecule is CN(CCCC1CC(c2cccc(F)c2)NN1)C(=O)CCc1ncc(-c2ccc(F)cc2F)o1. The van der Waals surface area contributed by atoms with E-state index in [2.05, 4.69) is 15.8 Å². The Morgan fingerprint density at radius 2 is 1.97 bits per heavy atom. The van der Waals surface area contributed by atoms with Crippen molar-refractivity contribution in [3.8, 4) is 11.3 Å². The molecule has 34 heavy (non-hydrogen) atoms. The smallest absolute Gasteiger partial charge is 0.222 e. The summed E-state index contributed by atoms with van der Waals surface area (Å²) in [7, 11) is 1.76. The Morgan fingerprint density at radius 3 is 2.76 bits per heavy atom. The zero-order chi connectivity index (χ0) is 24.1. The van der Waals surface area contributed by atoms with Crippen LogP contribution in [0.3, 0.4) is 0 Å². The first-order valence-electron chi connectivity index (χ1n) is 11.3. The number of hydrazine groups is 1. The Balaban J connectivity index is 1.18. The Hall–Kier alpha value is -3.17. The Labute approximate surface area is 196 Å². The van der Waals surface area contributed by atoms with Crippen LogP contribution in [0.4, 0.5) is 13.2 Å². The maximum absolute atomic E-state index is 13.9. The van der Waals surface area contributed by atoms with E-state index in [1.54, 1.807) is 24.1 Å². The first kappa shape index (κ1) is 24.0. The molecule has 3 aromatic rings. The summed E-state index contributed by atoms with van der Waals surface area (Å²) in [5, 5.41) is 0. The largest absolute Gasteiger partial charge is 0.441 e. The number of carbonyl (C=O) groups excluding carboxylic acids is 1. The Kier molecular flexibility index (Phi) is 7.64. The molecule has 4 rings (SSSR count). The standard InChI is InChI=1S/C25H27F3N4O2/c1-32(11-3-6-19-14-22(31-30-19)16-4-2-5-17(26)12-16)25(33)10-9-24-29-15-23(34-24)20-8-7-18(27)13-21(20)28/h2,4-5,7-8,12-13,15,19,22,30-31H,3,6,9-11,14H2,1H3. The van der Waals surface area contributed by atoms with Gasteiger partial charge in [0.25, 0.3) is 0 Å². The molecule has 1 aromatic heterocycles. The Morgan fingerprint density at radius 1 is 1.15 bits per heavy atom. The van der Waals surface area contributed by atoms with Gasteiger partial charge >= 0.3 is 0 Å². The van der Waals surface area contributed by atoms with E-state index in [9.17, 15) is 18.0 Å². The molecule has 6 nitrogen and oxygen atoms in total. The van der Waals surface area contributed by atoms with E-state index >= 15 is 0 Å². The van der Waals surface area contributed by atoms with Crippen LogP contribution in [0.2, 0.25) is 0 Å². The van der Waals surface area contributed by atoms with Gasteiger partial charge in [-0.2, -0.15) is 0 Å². The molecule has 2 N–H and O–H groups in total. The van der Waals surface area contributed by atoms with Gasteiger partial charge in [0.05, 0.1) is 11.8 Å². The van der Waals surface area contributed by atoms with Crippen molar-refractivity contribution in [1.29, 1.82) is 0 Å². The zero-order valence-corrected chi connectivity index (χ0v) is 18.9. The maximum Gasteiger partial charge on any atom is 0.222 e. The van der Waals surface area contributed by atoms with E-state index in [1.165, 1.54) is 18.3 Å². The molecule has 2 unspecified atom stereocenters. The number of nitrogens with one attached hydrogen (secondary N) is 2. The predicted octanol–water partition coefficient (Wildman–Crippen LogP) is 4.54. The number of oxazole rings is 1. The minimum atomic E-state index is -0.729. The molecule has 1 saturated heterocycles. The molecule has 2 heterocycles. The van der Waals surface area contributed by atoms with Crippen molar-refractivity contribution in [2.24, 2.45) is 0 Å². The summed E-state index contributed by atoms with van der Waals surface area (Å²) in [5.41, 5.74) is 7.51. The normalized spacial score (nSPS) is 17.8. The van der Waals surface area contributed by atoms with Gasteiger partial charge in [-0.3, -0.25) is 15.6 Å². The lowest BCUT2D eigenvalue weighted by molar-refractivity contribution is -0.130. The molecular formula is C25H27F3N4O2. The van der Waals surface area contributed by atoms with E-state index in [0.29, 0.717) is 12.4 Å². The molecule has 1 fully saturated rings. The summed E-state index contributed by atoms with van der Waals surface area (Å²) in [6.45, 7) is 0.610. The predicted molar refractivity (Wildman–Crippen MR) is 121 cm³/mol. The number of benzene rings is 2.